The summed E-state index contributed by atoms with van der Waals surface area (Å²) in [7, 11) is 0. The number of carbonyl (C=O) groups excluding carboxylic acids is 1. The molecule has 0 spiro atoms. The number of pyridine rings is 1. The molecule has 0 unspecified atom stereocenters. The van der Waals surface area contributed by atoms with Gasteiger partial charge in [0, 0.05) is 11.1 Å². The van der Waals surface area contributed by atoms with Crippen LogP contribution in [0.5, 0.6) is 0 Å². The van der Waals surface area contributed by atoms with Gasteiger partial charge in [0.2, 0.25) is 5.91 Å². The van der Waals surface area contributed by atoms with Crippen LogP contribution in [0.1, 0.15) is 0 Å². The third kappa shape index (κ3) is 3.63. The molecule has 6 nitrogen and oxygen atoms in total. The van der Waals surface area contributed by atoms with E-state index in [1.807, 2.05) is 0 Å². The van der Waals surface area contributed by atoms with Crippen LogP contribution in [0.4, 0.5) is 5.82 Å². The summed E-state index contributed by atoms with van der Waals surface area (Å²) >= 11 is 11.4. The summed E-state index contributed by atoms with van der Waals surface area (Å²) in [6.45, 7) is -0.308. The minimum atomic E-state index is -0.496. The van der Waals surface area contributed by atoms with Crippen molar-refractivity contribution in [2.75, 3.05) is 11.9 Å². The first-order chi connectivity index (χ1) is 7.13. The van der Waals surface area contributed by atoms with E-state index in [2.05, 4.69) is 20.3 Å². The second-order valence-electron chi connectivity index (χ2n) is 2.42. The number of halogens is 2. The van der Waals surface area contributed by atoms with Crippen molar-refractivity contribution in [2.24, 2.45) is 5.11 Å². The topological polar surface area (TPSA) is 90.8 Å². The van der Waals surface area contributed by atoms with E-state index in [1.165, 1.54) is 12.3 Å². The molecule has 0 aliphatic carbocycles. The lowest BCUT2D eigenvalue weighted by atomic mass is 10.4. The molecule has 0 saturated heterocycles. The lowest BCUT2D eigenvalue weighted by Gasteiger charge is -2.03. The average molecular weight is 246 g/mol. The van der Waals surface area contributed by atoms with Gasteiger partial charge in [-0.15, -0.1) is 0 Å². The van der Waals surface area contributed by atoms with Crippen LogP contribution in [0.25, 0.3) is 10.4 Å². The molecular weight excluding hydrogens is 241 g/mol. The van der Waals surface area contributed by atoms with E-state index in [-0.39, 0.29) is 17.4 Å². The van der Waals surface area contributed by atoms with Crippen molar-refractivity contribution < 1.29 is 4.79 Å². The molecule has 1 N–H and O–H groups in total. The first-order valence-electron chi connectivity index (χ1n) is 3.75. The fourth-order valence-corrected chi connectivity index (χ4v) is 1.20. The van der Waals surface area contributed by atoms with Gasteiger partial charge in [-0.25, -0.2) is 4.98 Å². The van der Waals surface area contributed by atoms with E-state index in [1.54, 1.807) is 0 Å². The van der Waals surface area contributed by atoms with Gasteiger partial charge < -0.3 is 5.32 Å². The molecular formula is C7H5Cl2N5O. The van der Waals surface area contributed by atoms with Gasteiger partial charge in [-0.1, -0.05) is 28.3 Å². The van der Waals surface area contributed by atoms with Crippen LogP contribution in [-0.4, -0.2) is 17.4 Å². The molecule has 1 rings (SSSR count). The van der Waals surface area contributed by atoms with Gasteiger partial charge in [0.15, 0.2) is 5.82 Å². The summed E-state index contributed by atoms with van der Waals surface area (Å²) in [6, 6.07) is 1.44. The van der Waals surface area contributed by atoms with Crippen LogP contribution in [-0.2, 0) is 4.79 Å². The van der Waals surface area contributed by atoms with E-state index >= 15 is 0 Å². The second-order valence-corrected chi connectivity index (χ2v) is 3.26. The van der Waals surface area contributed by atoms with Crippen LogP contribution in [0.15, 0.2) is 17.4 Å². The highest BCUT2D eigenvalue weighted by Gasteiger charge is 2.06. The number of hydrogen-bond acceptors (Lipinski definition) is 3. The first kappa shape index (κ1) is 11.6. The molecule has 0 aliphatic heterocycles. The van der Waals surface area contributed by atoms with Gasteiger partial charge >= 0.3 is 0 Å². The maximum Gasteiger partial charge on any atom is 0.231 e. The molecule has 0 aromatic carbocycles. The minimum Gasteiger partial charge on any atom is -0.309 e. The lowest BCUT2D eigenvalue weighted by Crippen LogP contribution is -2.15. The zero-order valence-corrected chi connectivity index (χ0v) is 8.83. The maximum atomic E-state index is 11.1. The molecule has 8 heteroatoms. The number of azide groups is 1. The monoisotopic (exact) mass is 245 g/mol. The molecule has 1 amide bonds. The van der Waals surface area contributed by atoms with Gasteiger partial charge in [-0.2, -0.15) is 0 Å². The molecule has 1 aromatic rings. The Hall–Kier alpha value is -1.49. The number of rotatable bonds is 3. The number of anilines is 1. The van der Waals surface area contributed by atoms with Crippen molar-refractivity contribution in [3.63, 3.8) is 0 Å². The smallest absolute Gasteiger partial charge is 0.231 e. The quantitative estimate of drug-likeness (QED) is 0.504. The minimum absolute atomic E-state index is 0.180. The Morgan fingerprint density at radius 1 is 1.67 bits per heavy atom. The predicted molar refractivity (Wildman–Crippen MR) is 56.9 cm³/mol. The van der Waals surface area contributed by atoms with E-state index in [0.717, 1.165) is 0 Å². The van der Waals surface area contributed by atoms with Gasteiger partial charge in [-0.05, 0) is 11.6 Å². The Labute approximate surface area is 94.8 Å². The molecule has 15 heavy (non-hydrogen) atoms. The summed E-state index contributed by atoms with van der Waals surface area (Å²) in [5, 5.41) is 6.04. The number of hydrogen-bond donors (Lipinski definition) is 1. The van der Waals surface area contributed by atoms with Crippen molar-refractivity contribution in [1.82, 2.24) is 4.98 Å². The van der Waals surface area contributed by atoms with Crippen LogP contribution in [0.2, 0.25) is 10.0 Å². The first-order valence-corrected chi connectivity index (χ1v) is 4.51. The second kappa shape index (κ2) is 5.41. The van der Waals surface area contributed by atoms with Crippen LogP contribution < -0.4 is 5.32 Å². The van der Waals surface area contributed by atoms with Crippen molar-refractivity contribution in [3.8, 4) is 0 Å². The maximum absolute atomic E-state index is 11.1. The van der Waals surface area contributed by atoms with E-state index in [0.29, 0.717) is 5.02 Å². The van der Waals surface area contributed by atoms with E-state index in [9.17, 15) is 4.79 Å². The highest BCUT2D eigenvalue weighted by molar-refractivity contribution is 6.36. The van der Waals surface area contributed by atoms with Crippen molar-refractivity contribution in [3.05, 3.63) is 32.8 Å². The molecule has 0 aliphatic rings. The van der Waals surface area contributed by atoms with Crippen molar-refractivity contribution in [1.29, 1.82) is 0 Å². The Bertz CT molecular complexity index is 429. The summed E-state index contributed by atoms with van der Waals surface area (Å²) in [5.41, 5.74) is 7.99. The van der Waals surface area contributed by atoms with Gasteiger partial charge in [0.25, 0.3) is 0 Å². The van der Waals surface area contributed by atoms with Crippen molar-refractivity contribution >= 4 is 34.9 Å². The highest BCUT2D eigenvalue weighted by Crippen LogP contribution is 2.22. The van der Waals surface area contributed by atoms with Crippen molar-refractivity contribution in [2.45, 2.75) is 0 Å². The number of nitrogens with zero attached hydrogens (tertiary/aromatic N) is 4. The Morgan fingerprint density at radius 2 is 2.40 bits per heavy atom. The molecule has 0 bridgehead atoms. The summed E-state index contributed by atoms with van der Waals surface area (Å²) < 4.78 is 0. The fourth-order valence-electron chi connectivity index (χ4n) is 0.774. The normalized spacial score (nSPS) is 9.20. The number of amides is 1. The van der Waals surface area contributed by atoms with Crippen LogP contribution in [0.3, 0.4) is 0 Å². The van der Waals surface area contributed by atoms with Gasteiger partial charge in [0.05, 0.1) is 10.0 Å². The van der Waals surface area contributed by atoms with Crippen LogP contribution >= 0.6 is 23.2 Å². The van der Waals surface area contributed by atoms with E-state index in [4.69, 9.17) is 28.7 Å². The number of carbonyl (C=O) groups is 1. The Kier molecular flexibility index (Phi) is 4.17. The SMILES string of the molecule is [N-]=[N+]=NCC(=O)Nc1ncc(Cl)cc1Cl. The zero-order chi connectivity index (χ0) is 11.3. The molecule has 78 valence electrons. The third-order valence-electron chi connectivity index (χ3n) is 1.34. The van der Waals surface area contributed by atoms with E-state index < -0.39 is 5.91 Å². The summed E-state index contributed by atoms with van der Waals surface area (Å²) in [5.74, 6) is -0.316. The molecule has 0 atom stereocenters. The predicted octanol–water partition coefficient (Wildman–Crippen LogP) is 2.64. The molecule has 0 fully saturated rings. The summed E-state index contributed by atoms with van der Waals surface area (Å²) in [4.78, 5) is 17.3. The molecule has 1 aromatic heterocycles. The molecule has 1 heterocycles. The third-order valence-corrected chi connectivity index (χ3v) is 1.84. The fraction of sp³-hybridized carbons (Fsp3) is 0.143. The largest absolute Gasteiger partial charge is 0.309 e. The highest BCUT2D eigenvalue weighted by atomic mass is 35.5. The van der Waals surface area contributed by atoms with Gasteiger partial charge in [-0.3, -0.25) is 4.79 Å². The lowest BCUT2D eigenvalue weighted by molar-refractivity contribution is -0.114. The number of aromatic nitrogens is 1. The average Bonchev–Trinajstić information content (AvgIpc) is 2.19. The van der Waals surface area contributed by atoms with Crippen LogP contribution in [0, 0.1) is 0 Å². The Morgan fingerprint density at radius 3 is 3.00 bits per heavy atom. The Balaban J connectivity index is 2.72. The zero-order valence-electron chi connectivity index (χ0n) is 7.31. The molecule has 0 saturated carbocycles. The standard InChI is InChI=1S/C7H5Cl2N5O/c8-4-1-5(9)7(11-2-4)13-6(15)3-12-14-10/h1-2H,3H2,(H,11,13,15). The number of nitrogens with one attached hydrogen (secondary N) is 1. The van der Waals surface area contributed by atoms with Gasteiger partial charge in [0.1, 0.15) is 6.54 Å². The summed E-state index contributed by atoms with van der Waals surface area (Å²) in [6.07, 6.45) is 1.34. The molecule has 0 radical (unpaired) electrons.